The van der Waals surface area contributed by atoms with Gasteiger partial charge in [0, 0.05) is 37.2 Å². The van der Waals surface area contributed by atoms with E-state index in [9.17, 15) is 27.9 Å². The molecule has 3 rings (SSSR count). The average molecular weight is 460 g/mol. The van der Waals surface area contributed by atoms with Crippen LogP contribution >= 0.6 is 0 Å². The number of nitrogens with zero attached hydrogens (tertiary/aromatic N) is 2. The molecule has 1 heterocycles. The Morgan fingerprint density at radius 2 is 1.76 bits per heavy atom. The Hall–Kier alpha value is -3.46. The van der Waals surface area contributed by atoms with E-state index in [-0.39, 0.29) is 36.3 Å². The van der Waals surface area contributed by atoms with Gasteiger partial charge in [0.2, 0.25) is 5.43 Å². The summed E-state index contributed by atoms with van der Waals surface area (Å²) in [5, 5.41) is 13.8. The van der Waals surface area contributed by atoms with E-state index in [0.29, 0.717) is 17.5 Å². The van der Waals surface area contributed by atoms with E-state index in [1.54, 1.807) is 38.1 Å². The van der Waals surface area contributed by atoms with Gasteiger partial charge in [-0.3, -0.25) is 9.59 Å². The summed E-state index contributed by atoms with van der Waals surface area (Å²) in [6.07, 6.45) is 1.67. The van der Waals surface area contributed by atoms with E-state index in [1.807, 2.05) is 0 Å². The molecule has 1 N–H and O–H groups in total. The zero-order chi connectivity index (χ0) is 24.2. The van der Waals surface area contributed by atoms with Gasteiger partial charge in [0.1, 0.15) is 5.69 Å². The van der Waals surface area contributed by atoms with Crippen LogP contribution in [0.2, 0.25) is 0 Å². The highest BCUT2D eigenvalue weighted by molar-refractivity contribution is 5.72. The first-order valence-electron chi connectivity index (χ1n) is 10.2. The number of carbonyl (C=O) groups is 1. The highest BCUT2D eigenvalue weighted by Crippen LogP contribution is 2.17. The summed E-state index contributed by atoms with van der Waals surface area (Å²) in [5.41, 5.74) is 0.0742. The summed E-state index contributed by atoms with van der Waals surface area (Å²) in [7, 11) is 0. The van der Waals surface area contributed by atoms with Gasteiger partial charge in [-0.2, -0.15) is 5.10 Å². The summed E-state index contributed by atoms with van der Waals surface area (Å²) in [6, 6.07) is 9.70. The Bertz CT molecular complexity index is 1200. The lowest BCUT2D eigenvalue weighted by Gasteiger charge is -2.16. The lowest BCUT2D eigenvalue weighted by atomic mass is 10.0. The SMILES string of the molecule is CC(C)(O)CCOC(=O)Cc1cccc(Cc2nn(-c3cc(F)c(F)c(F)c3)ccc2=O)c1. The van der Waals surface area contributed by atoms with E-state index in [0.717, 1.165) is 16.8 Å². The van der Waals surface area contributed by atoms with Gasteiger partial charge >= 0.3 is 5.97 Å². The zero-order valence-corrected chi connectivity index (χ0v) is 18.1. The summed E-state index contributed by atoms with van der Waals surface area (Å²) in [5.74, 6) is -4.77. The minimum Gasteiger partial charge on any atom is -0.465 e. The molecule has 1 aromatic heterocycles. The molecule has 174 valence electrons. The van der Waals surface area contributed by atoms with E-state index in [2.05, 4.69) is 5.10 Å². The smallest absolute Gasteiger partial charge is 0.310 e. The summed E-state index contributed by atoms with van der Waals surface area (Å²) < 4.78 is 46.6. The van der Waals surface area contributed by atoms with E-state index in [1.165, 1.54) is 12.3 Å². The van der Waals surface area contributed by atoms with Crippen molar-refractivity contribution in [2.24, 2.45) is 0 Å². The van der Waals surface area contributed by atoms with Crippen molar-refractivity contribution in [1.29, 1.82) is 0 Å². The van der Waals surface area contributed by atoms with Crippen LogP contribution < -0.4 is 5.43 Å². The van der Waals surface area contributed by atoms with E-state index >= 15 is 0 Å². The topological polar surface area (TPSA) is 81.4 Å². The van der Waals surface area contributed by atoms with Gasteiger partial charge in [0.05, 0.1) is 24.3 Å². The molecule has 0 spiro atoms. The molecular weight excluding hydrogens is 437 g/mol. The maximum atomic E-state index is 13.6. The Labute approximate surface area is 188 Å². The number of carbonyl (C=O) groups excluding carboxylic acids is 1. The molecule has 0 saturated carbocycles. The van der Waals surface area contributed by atoms with Crippen molar-refractivity contribution < 1.29 is 27.8 Å². The zero-order valence-electron chi connectivity index (χ0n) is 18.1. The van der Waals surface area contributed by atoms with Crippen molar-refractivity contribution in [3.05, 3.63) is 93.2 Å². The fraction of sp³-hybridized carbons (Fsp3) is 0.292. The molecular formula is C24H23F3N2O4. The molecule has 0 bridgehead atoms. The number of aromatic nitrogens is 2. The van der Waals surface area contributed by atoms with Crippen molar-refractivity contribution in [3.63, 3.8) is 0 Å². The molecule has 0 atom stereocenters. The first kappa shape index (κ1) is 24.2. The number of hydrogen-bond acceptors (Lipinski definition) is 5. The van der Waals surface area contributed by atoms with Crippen LogP contribution in [0, 0.1) is 17.5 Å². The van der Waals surface area contributed by atoms with Crippen molar-refractivity contribution in [1.82, 2.24) is 9.78 Å². The molecule has 0 aliphatic carbocycles. The molecule has 33 heavy (non-hydrogen) atoms. The molecule has 0 aliphatic heterocycles. The third kappa shape index (κ3) is 6.76. The Balaban J connectivity index is 1.74. The third-order valence-corrected chi connectivity index (χ3v) is 4.80. The third-order valence-electron chi connectivity index (χ3n) is 4.80. The standard InChI is InChI=1S/C24H23F3N2O4/c1-24(2,32)7-9-33-22(31)12-16-5-3-4-15(10-16)11-20-21(30)6-8-29(28-20)17-13-18(25)23(27)19(26)14-17/h3-6,8,10,13-14,32H,7,9,11-12H2,1-2H3. The molecule has 6 nitrogen and oxygen atoms in total. The van der Waals surface area contributed by atoms with Gasteiger partial charge in [-0.1, -0.05) is 24.3 Å². The number of rotatable bonds is 8. The van der Waals surface area contributed by atoms with Gasteiger partial charge in [0.15, 0.2) is 17.5 Å². The van der Waals surface area contributed by atoms with Crippen LogP contribution in [-0.2, 0) is 22.4 Å². The highest BCUT2D eigenvalue weighted by Gasteiger charge is 2.15. The monoisotopic (exact) mass is 460 g/mol. The second-order valence-corrected chi connectivity index (χ2v) is 8.25. The van der Waals surface area contributed by atoms with Gasteiger partial charge in [0.25, 0.3) is 0 Å². The van der Waals surface area contributed by atoms with Crippen molar-refractivity contribution in [2.75, 3.05) is 6.61 Å². The van der Waals surface area contributed by atoms with Crippen LogP contribution in [0.5, 0.6) is 0 Å². The second kappa shape index (κ2) is 9.99. The molecule has 0 fully saturated rings. The van der Waals surface area contributed by atoms with Gasteiger partial charge in [-0.25, -0.2) is 17.9 Å². The van der Waals surface area contributed by atoms with Gasteiger partial charge < -0.3 is 9.84 Å². The minimum atomic E-state index is -1.59. The first-order valence-corrected chi connectivity index (χ1v) is 10.2. The minimum absolute atomic E-state index is 0.0142. The second-order valence-electron chi connectivity index (χ2n) is 8.25. The number of hydrogen-bond donors (Lipinski definition) is 1. The Morgan fingerprint density at radius 3 is 2.42 bits per heavy atom. The number of aliphatic hydroxyl groups is 1. The maximum absolute atomic E-state index is 13.6. The van der Waals surface area contributed by atoms with Crippen molar-refractivity contribution in [2.45, 2.75) is 38.7 Å². The summed E-state index contributed by atoms with van der Waals surface area (Å²) in [4.78, 5) is 24.3. The van der Waals surface area contributed by atoms with Crippen LogP contribution in [0.15, 0.2) is 53.5 Å². The van der Waals surface area contributed by atoms with Crippen LogP contribution in [0.4, 0.5) is 13.2 Å². The fourth-order valence-corrected chi connectivity index (χ4v) is 3.06. The van der Waals surface area contributed by atoms with Gasteiger partial charge in [-0.05, 0) is 25.0 Å². The van der Waals surface area contributed by atoms with E-state index < -0.39 is 29.0 Å². The lowest BCUT2D eigenvalue weighted by molar-refractivity contribution is -0.144. The quantitative estimate of drug-likeness (QED) is 0.411. The molecule has 0 radical (unpaired) electrons. The lowest BCUT2D eigenvalue weighted by Crippen LogP contribution is -2.22. The highest BCUT2D eigenvalue weighted by atomic mass is 19.2. The largest absolute Gasteiger partial charge is 0.465 e. The number of esters is 1. The molecule has 0 saturated heterocycles. The van der Waals surface area contributed by atoms with Crippen molar-refractivity contribution >= 4 is 5.97 Å². The Kier molecular flexibility index (Phi) is 7.33. The number of ether oxygens (including phenoxy) is 1. The van der Waals surface area contributed by atoms with E-state index in [4.69, 9.17) is 4.74 Å². The molecule has 2 aromatic carbocycles. The molecule has 0 unspecified atom stereocenters. The molecule has 3 aromatic rings. The van der Waals surface area contributed by atoms with Crippen LogP contribution in [0.1, 0.15) is 37.1 Å². The van der Waals surface area contributed by atoms with Crippen LogP contribution in [0.3, 0.4) is 0 Å². The summed E-state index contributed by atoms with van der Waals surface area (Å²) >= 11 is 0. The number of benzene rings is 2. The fourth-order valence-electron chi connectivity index (χ4n) is 3.06. The van der Waals surface area contributed by atoms with Crippen LogP contribution in [-0.4, -0.2) is 33.1 Å². The normalized spacial score (nSPS) is 11.5. The predicted molar refractivity (Wildman–Crippen MR) is 115 cm³/mol. The first-order chi connectivity index (χ1) is 15.5. The average Bonchev–Trinajstić information content (AvgIpc) is 2.72. The molecule has 9 heteroatoms. The Morgan fingerprint density at radius 1 is 1.09 bits per heavy atom. The number of halogens is 3. The molecule has 0 aliphatic rings. The van der Waals surface area contributed by atoms with Gasteiger partial charge in [-0.15, -0.1) is 0 Å². The summed E-state index contributed by atoms with van der Waals surface area (Å²) in [6.45, 7) is 3.35. The maximum Gasteiger partial charge on any atom is 0.310 e. The molecule has 0 amide bonds. The predicted octanol–water partition coefficient (Wildman–Crippen LogP) is 3.49. The van der Waals surface area contributed by atoms with Crippen LogP contribution in [0.25, 0.3) is 5.69 Å². The van der Waals surface area contributed by atoms with Crippen molar-refractivity contribution in [3.8, 4) is 5.69 Å².